The molecule has 10 heteroatoms. The maximum Gasteiger partial charge on any atom is 0.409 e. The normalized spacial score (nSPS) is 14.5. The number of aliphatic imine (C=N–C) groups is 1. The highest BCUT2D eigenvalue weighted by molar-refractivity contribution is 14.0. The minimum atomic E-state index is -0.239. The van der Waals surface area contributed by atoms with Crippen molar-refractivity contribution in [2.75, 3.05) is 46.6 Å². The fourth-order valence-electron chi connectivity index (χ4n) is 3.19. The summed E-state index contributed by atoms with van der Waals surface area (Å²) in [6.45, 7) is 6.98. The molecule has 1 aromatic rings. The summed E-state index contributed by atoms with van der Waals surface area (Å²) in [7, 11) is 1.59. The lowest BCUT2D eigenvalue weighted by atomic mass is 10.1. The Hall–Kier alpha value is -1.95. The first-order valence-corrected chi connectivity index (χ1v) is 10.5. The lowest BCUT2D eigenvalue weighted by Crippen LogP contribution is -2.49. The number of nitrogens with one attached hydrogen (secondary N) is 2. The summed E-state index contributed by atoms with van der Waals surface area (Å²) < 4.78 is 15.9. The molecule has 0 atom stereocenters. The van der Waals surface area contributed by atoms with Crippen molar-refractivity contribution in [2.24, 2.45) is 4.99 Å². The van der Waals surface area contributed by atoms with Gasteiger partial charge in [0.15, 0.2) is 17.5 Å². The van der Waals surface area contributed by atoms with Crippen LogP contribution in [0.15, 0.2) is 23.2 Å². The number of carbonyl (C=O) groups is 1. The topological polar surface area (TPSA) is 105 Å². The number of nitrogens with zero attached hydrogens (tertiary/aromatic N) is 2. The number of hydrogen-bond acceptors (Lipinski definition) is 6. The Morgan fingerprint density at radius 2 is 2.00 bits per heavy atom. The lowest BCUT2D eigenvalue weighted by Gasteiger charge is -2.32. The maximum absolute atomic E-state index is 11.8. The molecule has 2 rings (SSSR count). The Labute approximate surface area is 201 Å². The van der Waals surface area contributed by atoms with E-state index in [1.54, 1.807) is 12.0 Å². The molecule has 0 spiro atoms. The van der Waals surface area contributed by atoms with Gasteiger partial charge in [0.2, 0.25) is 0 Å². The van der Waals surface area contributed by atoms with E-state index in [0.29, 0.717) is 37.7 Å². The van der Waals surface area contributed by atoms with Gasteiger partial charge >= 0.3 is 6.09 Å². The van der Waals surface area contributed by atoms with Crippen LogP contribution in [0.2, 0.25) is 0 Å². The zero-order chi connectivity index (χ0) is 21.8. The number of likely N-dealkylation sites (tertiary alicyclic amines) is 1. The molecule has 0 aromatic heterocycles. The third-order valence-electron chi connectivity index (χ3n) is 4.70. The standard InChI is InChI=1S/C21H34N4O5.HI/c1-4-22-20(24-17-8-10-25(11-9-17)21(27)29-5-2)23-15-16-6-7-18(30-13-12-26)19(14-16)28-3;/h6-7,14,17,26H,4-5,8-13,15H2,1-3H3,(H2,22,23,24);1H. The Balaban J connectivity index is 0.00000480. The van der Waals surface area contributed by atoms with Crippen molar-refractivity contribution in [3.63, 3.8) is 0 Å². The van der Waals surface area contributed by atoms with Gasteiger partial charge in [0.05, 0.1) is 26.9 Å². The molecule has 1 aliphatic heterocycles. The number of ether oxygens (including phenoxy) is 3. The van der Waals surface area contributed by atoms with Crippen LogP contribution in [0.25, 0.3) is 0 Å². The molecule has 3 N–H and O–H groups in total. The van der Waals surface area contributed by atoms with Crippen molar-refractivity contribution in [1.82, 2.24) is 15.5 Å². The highest BCUT2D eigenvalue weighted by Crippen LogP contribution is 2.28. The van der Waals surface area contributed by atoms with Gasteiger partial charge in [-0.25, -0.2) is 9.79 Å². The SMILES string of the molecule is CCNC(=NCc1ccc(OCCO)c(OC)c1)NC1CCN(C(=O)OCC)CC1.I. The third kappa shape index (κ3) is 8.98. The van der Waals surface area contributed by atoms with Crippen LogP contribution in [0.1, 0.15) is 32.3 Å². The van der Waals surface area contributed by atoms with Gasteiger partial charge in [-0.15, -0.1) is 24.0 Å². The summed E-state index contributed by atoms with van der Waals surface area (Å²) in [5.41, 5.74) is 0.984. The molecule has 176 valence electrons. The van der Waals surface area contributed by atoms with Crippen LogP contribution < -0.4 is 20.1 Å². The van der Waals surface area contributed by atoms with Crippen LogP contribution >= 0.6 is 24.0 Å². The summed E-state index contributed by atoms with van der Waals surface area (Å²) in [6, 6.07) is 5.89. The first-order valence-electron chi connectivity index (χ1n) is 10.5. The number of hydrogen-bond donors (Lipinski definition) is 3. The predicted octanol–water partition coefficient (Wildman–Crippen LogP) is 2.36. The van der Waals surface area contributed by atoms with Crippen molar-refractivity contribution in [1.29, 1.82) is 0 Å². The van der Waals surface area contributed by atoms with Crippen molar-refractivity contribution in [2.45, 2.75) is 39.3 Å². The molecule has 0 bridgehead atoms. The van der Waals surface area contributed by atoms with E-state index in [4.69, 9.17) is 19.3 Å². The van der Waals surface area contributed by atoms with Gasteiger partial charge in [-0.3, -0.25) is 0 Å². The number of rotatable bonds is 9. The number of carbonyl (C=O) groups excluding carboxylic acids is 1. The summed E-state index contributed by atoms with van der Waals surface area (Å²) >= 11 is 0. The number of aliphatic hydroxyl groups is 1. The van der Waals surface area contributed by atoms with Gasteiger partial charge in [-0.05, 0) is 44.4 Å². The number of amides is 1. The van der Waals surface area contributed by atoms with Gasteiger partial charge in [0.1, 0.15) is 6.61 Å². The number of halogens is 1. The number of piperidine rings is 1. The van der Waals surface area contributed by atoms with Gasteiger partial charge in [-0.1, -0.05) is 6.07 Å². The summed E-state index contributed by atoms with van der Waals surface area (Å²) in [5.74, 6) is 1.95. The minimum absolute atomic E-state index is 0. The molecule has 1 aliphatic rings. The van der Waals surface area contributed by atoms with Crippen LogP contribution in [0.3, 0.4) is 0 Å². The second-order valence-electron chi connectivity index (χ2n) is 6.86. The number of methoxy groups -OCH3 is 1. The molecule has 1 aromatic carbocycles. The molecular formula is C21H35IN4O5. The van der Waals surface area contributed by atoms with Crippen molar-refractivity contribution in [3.05, 3.63) is 23.8 Å². The molecule has 1 heterocycles. The second-order valence-corrected chi connectivity index (χ2v) is 6.86. The predicted molar refractivity (Wildman–Crippen MR) is 131 cm³/mol. The van der Waals surface area contributed by atoms with E-state index in [0.717, 1.165) is 30.9 Å². The molecule has 0 aliphatic carbocycles. The summed E-state index contributed by atoms with van der Waals surface area (Å²) in [4.78, 5) is 18.3. The van der Waals surface area contributed by atoms with Crippen LogP contribution in [0.5, 0.6) is 11.5 Å². The maximum atomic E-state index is 11.8. The zero-order valence-corrected chi connectivity index (χ0v) is 20.9. The Kier molecular flexibility index (Phi) is 13.1. The van der Waals surface area contributed by atoms with Crippen molar-refractivity contribution >= 4 is 36.0 Å². The highest BCUT2D eigenvalue weighted by atomic mass is 127. The van der Waals surface area contributed by atoms with E-state index in [1.807, 2.05) is 32.0 Å². The smallest absolute Gasteiger partial charge is 0.409 e. The van der Waals surface area contributed by atoms with Gasteiger partial charge in [-0.2, -0.15) is 0 Å². The van der Waals surface area contributed by atoms with E-state index in [1.165, 1.54) is 0 Å². The van der Waals surface area contributed by atoms with Gasteiger partial charge in [0.25, 0.3) is 0 Å². The van der Waals surface area contributed by atoms with Crippen LogP contribution in [-0.2, 0) is 11.3 Å². The fourth-order valence-corrected chi connectivity index (χ4v) is 3.19. The van der Waals surface area contributed by atoms with Gasteiger partial charge < -0.3 is 34.9 Å². The van der Waals surface area contributed by atoms with Crippen LogP contribution in [0.4, 0.5) is 4.79 Å². The molecule has 1 fully saturated rings. The monoisotopic (exact) mass is 550 g/mol. The van der Waals surface area contributed by atoms with E-state index in [2.05, 4.69) is 15.6 Å². The van der Waals surface area contributed by atoms with E-state index >= 15 is 0 Å². The van der Waals surface area contributed by atoms with Crippen LogP contribution in [0, 0.1) is 0 Å². The molecular weight excluding hydrogens is 515 g/mol. The highest BCUT2D eigenvalue weighted by Gasteiger charge is 2.24. The zero-order valence-electron chi connectivity index (χ0n) is 18.6. The first-order chi connectivity index (χ1) is 14.6. The third-order valence-corrected chi connectivity index (χ3v) is 4.70. The molecule has 0 unspecified atom stereocenters. The Bertz CT molecular complexity index is 696. The van der Waals surface area contributed by atoms with E-state index in [-0.39, 0.29) is 49.3 Å². The van der Waals surface area contributed by atoms with E-state index < -0.39 is 0 Å². The lowest BCUT2D eigenvalue weighted by molar-refractivity contribution is 0.0963. The average Bonchev–Trinajstić information content (AvgIpc) is 2.77. The minimum Gasteiger partial charge on any atom is -0.493 e. The Morgan fingerprint density at radius 3 is 2.61 bits per heavy atom. The average molecular weight is 550 g/mol. The number of guanidine groups is 1. The molecule has 1 saturated heterocycles. The number of benzene rings is 1. The molecule has 31 heavy (non-hydrogen) atoms. The molecule has 9 nitrogen and oxygen atoms in total. The fraction of sp³-hybridized carbons (Fsp3) is 0.619. The first kappa shape index (κ1) is 27.1. The molecule has 0 radical (unpaired) electrons. The van der Waals surface area contributed by atoms with Gasteiger partial charge in [0, 0.05) is 25.7 Å². The summed E-state index contributed by atoms with van der Waals surface area (Å²) in [5, 5.41) is 15.7. The van der Waals surface area contributed by atoms with Crippen molar-refractivity contribution < 1.29 is 24.1 Å². The molecule has 0 saturated carbocycles. The quantitative estimate of drug-likeness (QED) is 0.247. The summed E-state index contributed by atoms with van der Waals surface area (Å²) in [6.07, 6.45) is 1.44. The molecule has 1 amide bonds. The van der Waals surface area contributed by atoms with Crippen LogP contribution in [-0.4, -0.2) is 74.7 Å². The Morgan fingerprint density at radius 1 is 1.26 bits per heavy atom. The second kappa shape index (κ2) is 15.0. The number of aliphatic hydroxyl groups excluding tert-OH is 1. The van der Waals surface area contributed by atoms with Crippen molar-refractivity contribution in [3.8, 4) is 11.5 Å². The largest absolute Gasteiger partial charge is 0.493 e. The van der Waals surface area contributed by atoms with E-state index in [9.17, 15) is 4.79 Å².